The third-order valence-corrected chi connectivity index (χ3v) is 4.38. The van der Waals surface area contributed by atoms with E-state index in [0.717, 1.165) is 42.1 Å². The average molecular weight is 313 g/mol. The van der Waals surface area contributed by atoms with E-state index in [1.165, 1.54) is 0 Å². The number of carbonyl (C=O) groups is 1. The van der Waals surface area contributed by atoms with Gasteiger partial charge in [-0.15, -0.1) is 0 Å². The lowest BCUT2D eigenvalue weighted by molar-refractivity contribution is 0.174. The first-order valence-electron chi connectivity index (χ1n) is 7.87. The molecule has 2 aromatic rings. The molecular weight excluding hydrogens is 294 g/mol. The van der Waals surface area contributed by atoms with Gasteiger partial charge < -0.3 is 24.7 Å². The van der Waals surface area contributed by atoms with Crippen molar-refractivity contribution in [3.63, 3.8) is 0 Å². The number of ether oxygens (including phenoxy) is 2. The molecule has 2 amide bonds. The van der Waals surface area contributed by atoms with E-state index in [0.29, 0.717) is 6.54 Å². The van der Waals surface area contributed by atoms with Crippen LogP contribution in [-0.4, -0.2) is 29.3 Å². The smallest absolute Gasteiger partial charge is 0.318 e. The highest BCUT2D eigenvalue weighted by Crippen LogP contribution is 2.33. The van der Waals surface area contributed by atoms with E-state index in [4.69, 9.17) is 9.47 Å². The summed E-state index contributed by atoms with van der Waals surface area (Å²) in [6.07, 6.45) is 3.93. The van der Waals surface area contributed by atoms with Crippen LogP contribution in [0.25, 0.3) is 0 Å². The average Bonchev–Trinajstić information content (AvgIpc) is 3.32. The highest BCUT2D eigenvalue weighted by atomic mass is 16.7. The number of benzene rings is 1. The topological polar surface area (TPSA) is 66.6 Å². The van der Waals surface area contributed by atoms with Gasteiger partial charge in [0.15, 0.2) is 11.5 Å². The number of hydrogen-bond donors (Lipinski definition) is 2. The number of aromatic amines is 1. The number of hydrogen-bond acceptors (Lipinski definition) is 3. The second kappa shape index (κ2) is 5.87. The molecule has 0 saturated carbocycles. The number of amides is 2. The molecule has 1 fully saturated rings. The largest absolute Gasteiger partial charge is 0.454 e. The molecule has 1 aromatic heterocycles. The fraction of sp³-hybridized carbons (Fsp3) is 0.353. The summed E-state index contributed by atoms with van der Waals surface area (Å²) in [7, 11) is 0. The molecule has 2 N–H and O–H groups in total. The van der Waals surface area contributed by atoms with Crippen LogP contribution in [0.15, 0.2) is 36.5 Å². The van der Waals surface area contributed by atoms with Gasteiger partial charge in [-0.3, -0.25) is 0 Å². The highest BCUT2D eigenvalue weighted by Gasteiger charge is 2.30. The SMILES string of the molecule is O=C(NCc1ccc2c(c1)OCO2)N1CCCC1c1ccc[nH]1. The molecule has 1 aromatic carbocycles. The lowest BCUT2D eigenvalue weighted by Crippen LogP contribution is -2.39. The van der Waals surface area contributed by atoms with Crippen LogP contribution in [0.5, 0.6) is 11.5 Å². The maximum absolute atomic E-state index is 12.5. The van der Waals surface area contributed by atoms with Crippen LogP contribution in [0, 0.1) is 0 Å². The van der Waals surface area contributed by atoms with E-state index in [2.05, 4.69) is 10.3 Å². The van der Waals surface area contributed by atoms with Crippen molar-refractivity contribution in [3.05, 3.63) is 47.8 Å². The lowest BCUT2D eigenvalue weighted by Gasteiger charge is -2.24. The van der Waals surface area contributed by atoms with Gasteiger partial charge in [0.2, 0.25) is 6.79 Å². The molecule has 6 nitrogen and oxygen atoms in total. The Morgan fingerprint density at radius 1 is 1.30 bits per heavy atom. The van der Waals surface area contributed by atoms with Crippen LogP contribution < -0.4 is 14.8 Å². The van der Waals surface area contributed by atoms with E-state index in [1.807, 2.05) is 41.4 Å². The van der Waals surface area contributed by atoms with Crippen molar-refractivity contribution in [1.29, 1.82) is 0 Å². The van der Waals surface area contributed by atoms with Crippen LogP contribution in [-0.2, 0) is 6.54 Å². The summed E-state index contributed by atoms with van der Waals surface area (Å²) in [5.74, 6) is 1.49. The number of urea groups is 1. The Bertz CT molecular complexity index is 699. The van der Waals surface area contributed by atoms with Gasteiger partial charge in [0.25, 0.3) is 0 Å². The Kier molecular flexibility index (Phi) is 3.57. The molecule has 1 saturated heterocycles. The van der Waals surface area contributed by atoms with Gasteiger partial charge in [0.05, 0.1) is 6.04 Å². The summed E-state index contributed by atoms with van der Waals surface area (Å²) in [6, 6.07) is 9.85. The summed E-state index contributed by atoms with van der Waals surface area (Å²) in [6.45, 7) is 1.52. The first-order valence-corrected chi connectivity index (χ1v) is 7.87. The predicted octanol–water partition coefficient (Wildman–Crippen LogP) is 2.79. The zero-order chi connectivity index (χ0) is 15.6. The van der Waals surface area contributed by atoms with Crippen LogP contribution in [0.4, 0.5) is 4.79 Å². The molecule has 1 unspecified atom stereocenters. The molecule has 0 aliphatic carbocycles. The van der Waals surface area contributed by atoms with Gasteiger partial charge in [-0.1, -0.05) is 6.07 Å². The monoisotopic (exact) mass is 313 g/mol. The molecule has 1 atom stereocenters. The van der Waals surface area contributed by atoms with Crippen LogP contribution >= 0.6 is 0 Å². The second-order valence-electron chi connectivity index (χ2n) is 5.82. The number of carbonyl (C=O) groups excluding carboxylic acids is 1. The van der Waals surface area contributed by atoms with Gasteiger partial charge in [-0.05, 0) is 42.7 Å². The molecule has 6 heteroatoms. The van der Waals surface area contributed by atoms with Crippen molar-refractivity contribution in [2.45, 2.75) is 25.4 Å². The van der Waals surface area contributed by atoms with E-state index < -0.39 is 0 Å². The predicted molar refractivity (Wildman–Crippen MR) is 84.3 cm³/mol. The lowest BCUT2D eigenvalue weighted by atomic mass is 10.1. The molecule has 0 radical (unpaired) electrons. The third kappa shape index (κ3) is 2.72. The number of nitrogens with zero attached hydrogens (tertiary/aromatic N) is 1. The summed E-state index contributed by atoms with van der Waals surface area (Å²) in [5.41, 5.74) is 2.10. The zero-order valence-corrected chi connectivity index (χ0v) is 12.7. The van der Waals surface area contributed by atoms with Gasteiger partial charge >= 0.3 is 6.03 Å². The normalized spacial score (nSPS) is 19.1. The minimum absolute atomic E-state index is 0.0280. The van der Waals surface area contributed by atoms with Crippen molar-refractivity contribution < 1.29 is 14.3 Å². The Hall–Kier alpha value is -2.63. The van der Waals surface area contributed by atoms with Gasteiger partial charge in [-0.25, -0.2) is 4.79 Å². The van der Waals surface area contributed by atoms with Crippen molar-refractivity contribution in [2.24, 2.45) is 0 Å². The quantitative estimate of drug-likeness (QED) is 0.915. The van der Waals surface area contributed by atoms with E-state index in [-0.39, 0.29) is 18.9 Å². The van der Waals surface area contributed by atoms with Crippen LogP contribution in [0.2, 0.25) is 0 Å². The standard InChI is InChI=1S/C17H19N3O3/c21-17(20-8-2-4-14(20)13-3-1-7-18-13)19-10-12-5-6-15-16(9-12)23-11-22-15/h1,3,5-7,9,14,18H,2,4,8,10-11H2,(H,19,21). The molecule has 23 heavy (non-hydrogen) atoms. The number of aromatic nitrogens is 1. The first-order chi connectivity index (χ1) is 11.3. The maximum Gasteiger partial charge on any atom is 0.318 e. The third-order valence-electron chi connectivity index (χ3n) is 4.38. The van der Waals surface area contributed by atoms with E-state index in [1.54, 1.807) is 0 Å². The highest BCUT2D eigenvalue weighted by molar-refractivity contribution is 5.75. The molecular formula is C17H19N3O3. The van der Waals surface area contributed by atoms with E-state index in [9.17, 15) is 4.79 Å². The molecule has 0 spiro atoms. The number of fused-ring (bicyclic) bond motifs is 1. The van der Waals surface area contributed by atoms with Crippen molar-refractivity contribution in [3.8, 4) is 11.5 Å². The van der Waals surface area contributed by atoms with Crippen LogP contribution in [0.3, 0.4) is 0 Å². The first kappa shape index (κ1) is 14.0. The maximum atomic E-state index is 12.5. The van der Waals surface area contributed by atoms with Crippen molar-refractivity contribution in [1.82, 2.24) is 15.2 Å². The van der Waals surface area contributed by atoms with Crippen molar-refractivity contribution in [2.75, 3.05) is 13.3 Å². The summed E-state index contributed by atoms with van der Waals surface area (Å²) in [4.78, 5) is 17.6. The summed E-state index contributed by atoms with van der Waals surface area (Å²) in [5, 5.41) is 3.00. The number of nitrogens with one attached hydrogen (secondary N) is 2. The molecule has 0 bridgehead atoms. The summed E-state index contributed by atoms with van der Waals surface area (Å²) >= 11 is 0. The minimum atomic E-state index is -0.0280. The fourth-order valence-corrected chi connectivity index (χ4v) is 3.21. The molecule has 120 valence electrons. The molecule has 2 aliphatic heterocycles. The minimum Gasteiger partial charge on any atom is -0.454 e. The Morgan fingerprint density at radius 2 is 2.22 bits per heavy atom. The van der Waals surface area contributed by atoms with Gasteiger partial charge in [-0.2, -0.15) is 0 Å². The summed E-state index contributed by atoms with van der Waals surface area (Å²) < 4.78 is 10.7. The molecule has 4 rings (SSSR count). The van der Waals surface area contributed by atoms with Crippen molar-refractivity contribution >= 4 is 6.03 Å². The Balaban J connectivity index is 1.40. The van der Waals surface area contributed by atoms with Gasteiger partial charge in [0.1, 0.15) is 0 Å². The zero-order valence-electron chi connectivity index (χ0n) is 12.7. The fourth-order valence-electron chi connectivity index (χ4n) is 3.21. The van der Waals surface area contributed by atoms with Gasteiger partial charge in [0, 0.05) is 25.0 Å². The molecule has 3 heterocycles. The Morgan fingerprint density at radius 3 is 3.09 bits per heavy atom. The Labute approximate surface area is 134 Å². The number of H-pyrrole nitrogens is 1. The van der Waals surface area contributed by atoms with Crippen LogP contribution in [0.1, 0.15) is 30.1 Å². The number of rotatable bonds is 3. The second-order valence-corrected chi connectivity index (χ2v) is 5.82. The molecule has 2 aliphatic rings. The number of likely N-dealkylation sites (tertiary alicyclic amines) is 1. The van der Waals surface area contributed by atoms with E-state index >= 15 is 0 Å².